The first-order valence-corrected chi connectivity index (χ1v) is 4.65. The molecule has 0 aliphatic carbocycles. The van der Waals surface area contributed by atoms with E-state index in [9.17, 15) is 0 Å². The van der Waals surface area contributed by atoms with Crippen LogP contribution in [0.1, 0.15) is 25.1 Å². The van der Waals surface area contributed by atoms with Gasteiger partial charge in [0, 0.05) is 20.1 Å². The first-order chi connectivity index (χ1) is 6.49. The summed E-state index contributed by atoms with van der Waals surface area (Å²) >= 11 is 0. The summed E-state index contributed by atoms with van der Waals surface area (Å²) in [6.45, 7) is 6.03. The number of rotatable bonds is 2. The molecule has 1 aromatic rings. The van der Waals surface area contributed by atoms with Crippen molar-refractivity contribution < 1.29 is 0 Å². The molecule has 76 valence electrons. The summed E-state index contributed by atoms with van der Waals surface area (Å²) in [5.41, 5.74) is 1.46. The van der Waals surface area contributed by atoms with Gasteiger partial charge in [0.15, 0.2) is 0 Å². The average Bonchev–Trinajstić information content (AvgIpc) is 2.38. The molecule has 1 heterocycles. The molecule has 0 saturated carbocycles. The normalized spacial score (nSPS) is 10.4. The van der Waals surface area contributed by atoms with E-state index < -0.39 is 0 Å². The van der Waals surface area contributed by atoms with Crippen molar-refractivity contribution in [3.8, 4) is 6.07 Å². The minimum absolute atomic E-state index is 0.358. The zero-order chi connectivity index (χ0) is 10.9. The Bertz CT molecular complexity index is 370. The fourth-order valence-electron chi connectivity index (χ4n) is 1.43. The number of aryl methyl sites for hydroxylation is 2. The maximum absolute atomic E-state index is 9.01. The van der Waals surface area contributed by atoms with Gasteiger partial charge in [-0.2, -0.15) is 10.4 Å². The van der Waals surface area contributed by atoms with Gasteiger partial charge in [0.2, 0.25) is 0 Å². The third-order valence-electron chi connectivity index (χ3n) is 2.41. The van der Waals surface area contributed by atoms with Crippen molar-refractivity contribution in [2.75, 3.05) is 11.9 Å². The quantitative estimate of drug-likeness (QED) is 0.712. The van der Waals surface area contributed by atoms with Crippen molar-refractivity contribution in [2.24, 2.45) is 7.05 Å². The van der Waals surface area contributed by atoms with Gasteiger partial charge in [-0.05, 0) is 20.8 Å². The summed E-state index contributed by atoms with van der Waals surface area (Å²) < 4.78 is 1.76. The van der Waals surface area contributed by atoms with Gasteiger partial charge in [-0.3, -0.25) is 4.68 Å². The van der Waals surface area contributed by atoms with Crippen molar-refractivity contribution in [1.82, 2.24) is 9.78 Å². The van der Waals surface area contributed by atoms with Crippen LogP contribution in [0.25, 0.3) is 0 Å². The van der Waals surface area contributed by atoms with E-state index in [0.717, 1.165) is 11.5 Å². The summed E-state index contributed by atoms with van der Waals surface area (Å²) in [4.78, 5) is 2.05. The maximum Gasteiger partial charge on any atom is 0.144 e. The lowest BCUT2D eigenvalue weighted by atomic mass is 10.2. The maximum atomic E-state index is 9.01. The summed E-state index contributed by atoms with van der Waals surface area (Å²) in [6, 6.07) is 2.55. The Morgan fingerprint density at radius 3 is 2.50 bits per heavy atom. The van der Waals surface area contributed by atoms with Crippen molar-refractivity contribution in [3.63, 3.8) is 0 Å². The van der Waals surface area contributed by atoms with Crippen LogP contribution in [0.15, 0.2) is 0 Å². The number of hydrogen-bond acceptors (Lipinski definition) is 3. The second-order valence-electron chi connectivity index (χ2n) is 3.72. The van der Waals surface area contributed by atoms with E-state index in [1.807, 2.05) is 21.0 Å². The van der Waals surface area contributed by atoms with Crippen LogP contribution in [0, 0.1) is 18.3 Å². The Morgan fingerprint density at radius 2 is 2.07 bits per heavy atom. The van der Waals surface area contributed by atoms with E-state index in [4.69, 9.17) is 5.26 Å². The zero-order valence-electron chi connectivity index (χ0n) is 9.37. The van der Waals surface area contributed by atoms with Crippen LogP contribution >= 0.6 is 0 Å². The fourth-order valence-corrected chi connectivity index (χ4v) is 1.43. The molecule has 0 spiro atoms. The molecular weight excluding hydrogens is 176 g/mol. The van der Waals surface area contributed by atoms with Crippen LogP contribution in [-0.2, 0) is 7.05 Å². The molecule has 0 aliphatic rings. The minimum atomic E-state index is 0.358. The van der Waals surface area contributed by atoms with Gasteiger partial charge in [-0.15, -0.1) is 0 Å². The molecule has 0 bridgehead atoms. The summed E-state index contributed by atoms with van der Waals surface area (Å²) in [6.07, 6.45) is 0. The first-order valence-electron chi connectivity index (χ1n) is 4.65. The predicted molar refractivity (Wildman–Crippen MR) is 56.2 cm³/mol. The van der Waals surface area contributed by atoms with Crippen LogP contribution in [0.3, 0.4) is 0 Å². The van der Waals surface area contributed by atoms with E-state index in [1.54, 1.807) is 4.68 Å². The van der Waals surface area contributed by atoms with Crippen molar-refractivity contribution in [3.05, 3.63) is 11.3 Å². The highest BCUT2D eigenvalue weighted by atomic mass is 15.4. The molecule has 4 heteroatoms. The highest BCUT2D eigenvalue weighted by molar-refractivity contribution is 5.56. The summed E-state index contributed by atoms with van der Waals surface area (Å²) in [5.74, 6) is 0.889. The zero-order valence-corrected chi connectivity index (χ0v) is 9.37. The van der Waals surface area contributed by atoms with Gasteiger partial charge >= 0.3 is 0 Å². The molecule has 1 rings (SSSR count). The van der Waals surface area contributed by atoms with E-state index in [1.165, 1.54) is 0 Å². The molecule has 0 atom stereocenters. The molecule has 0 N–H and O–H groups in total. The number of nitrogens with zero attached hydrogens (tertiary/aromatic N) is 4. The molecule has 0 unspecified atom stereocenters. The molecule has 4 nitrogen and oxygen atoms in total. The first kappa shape index (κ1) is 10.6. The smallest absolute Gasteiger partial charge is 0.144 e. The third-order valence-corrected chi connectivity index (χ3v) is 2.41. The largest absolute Gasteiger partial charge is 0.356 e. The monoisotopic (exact) mass is 192 g/mol. The van der Waals surface area contributed by atoms with Crippen LogP contribution < -0.4 is 4.90 Å². The van der Waals surface area contributed by atoms with Gasteiger partial charge < -0.3 is 4.90 Å². The number of anilines is 1. The molecule has 14 heavy (non-hydrogen) atoms. The summed E-state index contributed by atoms with van der Waals surface area (Å²) in [7, 11) is 3.84. The van der Waals surface area contributed by atoms with Gasteiger partial charge in [-0.25, -0.2) is 0 Å². The Labute approximate surface area is 84.7 Å². The molecule has 0 amide bonds. The molecule has 0 aromatic carbocycles. The van der Waals surface area contributed by atoms with Gasteiger partial charge in [-0.1, -0.05) is 0 Å². The standard InChI is InChI=1S/C10H16N4/c1-7(2)13(4)10-9(6-11)8(3)12-14(10)5/h7H,1-5H3. The Hall–Kier alpha value is -1.50. The SMILES string of the molecule is Cc1nn(C)c(N(C)C(C)C)c1C#N. The average molecular weight is 192 g/mol. The summed E-state index contributed by atoms with van der Waals surface area (Å²) in [5, 5.41) is 13.3. The lowest BCUT2D eigenvalue weighted by Crippen LogP contribution is -2.28. The highest BCUT2D eigenvalue weighted by Gasteiger charge is 2.17. The molecule has 0 saturated heterocycles. The molecular formula is C10H16N4. The minimum Gasteiger partial charge on any atom is -0.356 e. The lowest BCUT2D eigenvalue weighted by Gasteiger charge is -2.23. The van der Waals surface area contributed by atoms with Crippen LogP contribution in [0.5, 0.6) is 0 Å². The molecule has 0 aliphatic heterocycles. The van der Waals surface area contributed by atoms with Crippen molar-refractivity contribution in [2.45, 2.75) is 26.8 Å². The van der Waals surface area contributed by atoms with Crippen LogP contribution in [0.2, 0.25) is 0 Å². The Morgan fingerprint density at radius 1 is 1.50 bits per heavy atom. The molecule has 0 radical (unpaired) electrons. The second-order valence-corrected chi connectivity index (χ2v) is 3.72. The second kappa shape index (κ2) is 3.70. The Balaban J connectivity index is 3.26. The molecule has 1 aromatic heterocycles. The predicted octanol–water partition coefficient (Wildman–Crippen LogP) is 1.44. The topological polar surface area (TPSA) is 44.9 Å². The highest BCUT2D eigenvalue weighted by Crippen LogP contribution is 2.22. The fraction of sp³-hybridized carbons (Fsp3) is 0.600. The molecule has 0 fully saturated rings. The van der Waals surface area contributed by atoms with E-state index in [2.05, 4.69) is 29.9 Å². The van der Waals surface area contributed by atoms with Crippen LogP contribution in [0.4, 0.5) is 5.82 Å². The van der Waals surface area contributed by atoms with Gasteiger partial charge in [0.25, 0.3) is 0 Å². The van der Waals surface area contributed by atoms with Crippen LogP contribution in [-0.4, -0.2) is 22.9 Å². The number of aromatic nitrogens is 2. The number of nitriles is 1. The van der Waals surface area contributed by atoms with Crippen molar-refractivity contribution in [1.29, 1.82) is 5.26 Å². The van der Waals surface area contributed by atoms with Gasteiger partial charge in [0.1, 0.15) is 17.5 Å². The van der Waals surface area contributed by atoms with Crippen molar-refractivity contribution >= 4 is 5.82 Å². The van der Waals surface area contributed by atoms with E-state index in [-0.39, 0.29) is 0 Å². The lowest BCUT2D eigenvalue weighted by molar-refractivity contribution is 0.681. The van der Waals surface area contributed by atoms with Gasteiger partial charge in [0.05, 0.1) is 5.69 Å². The third kappa shape index (κ3) is 1.58. The van der Waals surface area contributed by atoms with E-state index in [0.29, 0.717) is 11.6 Å². The Kier molecular flexibility index (Phi) is 2.80. The number of hydrogen-bond donors (Lipinski definition) is 0. The van der Waals surface area contributed by atoms with E-state index >= 15 is 0 Å².